The first-order valence-corrected chi connectivity index (χ1v) is 8.20. The summed E-state index contributed by atoms with van der Waals surface area (Å²) in [5, 5.41) is 9.72. The summed E-state index contributed by atoms with van der Waals surface area (Å²) in [7, 11) is 1.85. The van der Waals surface area contributed by atoms with Gasteiger partial charge in [0, 0.05) is 49.1 Å². The molecule has 0 aliphatic rings. The van der Waals surface area contributed by atoms with E-state index in [1.54, 1.807) is 53.5 Å². The van der Waals surface area contributed by atoms with Gasteiger partial charge in [-0.3, -0.25) is 19.3 Å². The molecule has 0 atom stereocenters. The Morgan fingerprint density at radius 2 is 1.85 bits per heavy atom. The predicted octanol–water partition coefficient (Wildman–Crippen LogP) is 2.64. The Kier molecular flexibility index (Phi) is 5.38. The molecule has 2 heterocycles. The van der Waals surface area contributed by atoms with Crippen LogP contribution in [0.2, 0.25) is 0 Å². The molecule has 2 N–H and O–H groups in total. The van der Waals surface area contributed by atoms with E-state index in [1.807, 2.05) is 13.1 Å². The molecule has 0 radical (unpaired) electrons. The molecular formula is C19H19N5O2. The van der Waals surface area contributed by atoms with Crippen LogP contribution in [0.3, 0.4) is 0 Å². The summed E-state index contributed by atoms with van der Waals surface area (Å²) in [5.74, 6) is -0.347. The number of nitrogens with zero attached hydrogens (tertiary/aromatic N) is 3. The van der Waals surface area contributed by atoms with Gasteiger partial charge in [-0.1, -0.05) is 6.07 Å². The van der Waals surface area contributed by atoms with Gasteiger partial charge in [-0.2, -0.15) is 5.10 Å². The number of aryl methyl sites for hydroxylation is 2. The highest BCUT2D eigenvalue weighted by Crippen LogP contribution is 2.16. The van der Waals surface area contributed by atoms with E-state index in [9.17, 15) is 9.59 Å². The minimum Gasteiger partial charge on any atom is -0.326 e. The molecule has 0 saturated carbocycles. The third kappa shape index (κ3) is 4.54. The fourth-order valence-corrected chi connectivity index (χ4v) is 2.49. The van der Waals surface area contributed by atoms with E-state index in [-0.39, 0.29) is 11.8 Å². The normalized spacial score (nSPS) is 10.3. The Morgan fingerprint density at radius 1 is 1.04 bits per heavy atom. The summed E-state index contributed by atoms with van der Waals surface area (Å²) in [4.78, 5) is 28.2. The predicted molar refractivity (Wildman–Crippen MR) is 98.8 cm³/mol. The van der Waals surface area contributed by atoms with E-state index in [0.29, 0.717) is 29.8 Å². The molecule has 1 aromatic carbocycles. The Hall–Kier alpha value is -3.48. The maximum absolute atomic E-state index is 12.2. The van der Waals surface area contributed by atoms with E-state index in [0.717, 1.165) is 5.69 Å². The molecule has 0 fully saturated rings. The number of hydrogen-bond donors (Lipinski definition) is 2. The van der Waals surface area contributed by atoms with Gasteiger partial charge in [-0.25, -0.2) is 0 Å². The third-order valence-corrected chi connectivity index (χ3v) is 3.86. The van der Waals surface area contributed by atoms with Crippen molar-refractivity contribution < 1.29 is 9.59 Å². The lowest BCUT2D eigenvalue weighted by molar-refractivity contribution is -0.116. The van der Waals surface area contributed by atoms with Crippen LogP contribution in [-0.2, 0) is 18.3 Å². The van der Waals surface area contributed by atoms with Gasteiger partial charge in [0.25, 0.3) is 5.91 Å². The smallest absolute Gasteiger partial charge is 0.257 e. The first-order valence-electron chi connectivity index (χ1n) is 8.20. The highest BCUT2D eigenvalue weighted by Gasteiger charge is 2.08. The maximum atomic E-state index is 12.2. The summed E-state index contributed by atoms with van der Waals surface area (Å²) < 4.78 is 1.75. The molecule has 2 aromatic heterocycles. The molecule has 7 nitrogen and oxygen atoms in total. The van der Waals surface area contributed by atoms with Gasteiger partial charge in [0.2, 0.25) is 5.91 Å². The van der Waals surface area contributed by atoms with Gasteiger partial charge in [0.05, 0.1) is 5.56 Å². The lowest BCUT2D eigenvalue weighted by atomic mass is 10.2. The van der Waals surface area contributed by atoms with Crippen LogP contribution in [0.25, 0.3) is 0 Å². The first kappa shape index (κ1) is 17.3. The molecule has 0 unspecified atom stereocenters. The number of rotatable bonds is 6. The number of carbonyl (C=O) groups is 2. The Labute approximate surface area is 151 Å². The molecular weight excluding hydrogens is 330 g/mol. The second-order valence-electron chi connectivity index (χ2n) is 5.77. The van der Waals surface area contributed by atoms with Crippen molar-refractivity contribution in [3.63, 3.8) is 0 Å². The summed E-state index contributed by atoms with van der Waals surface area (Å²) in [5.41, 5.74) is 2.70. The second kappa shape index (κ2) is 8.06. The van der Waals surface area contributed by atoms with Crippen molar-refractivity contribution in [3.05, 3.63) is 72.3 Å². The highest BCUT2D eigenvalue weighted by molar-refractivity contribution is 6.04. The van der Waals surface area contributed by atoms with Crippen molar-refractivity contribution in [2.24, 2.45) is 7.05 Å². The van der Waals surface area contributed by atoms with Crippen LogP contribution >= 0.6 is 0 Å². The van der Waals surface area contributed by atoms with E-state index in [2.05, 4.69) is 20.7 Å². The van der Waals surface area contributed by atoms with Crippen molar-refractivity contribution >= 4 is 23.2 Å². The SMILES string of the molecule is Cn1nccc1CCC(=O)Nc1cccc(NC(=O)c2cccnc2)c1. The average molecular weight is 349 g/mol. The Balaban J connectivity index is 1.57. The van der Waals surface area contributed by atoms with Gasteiger partial charge >= 0.3 is 0 Å². The van der Waals surface area contributed by atoms with Crippen LogP contribution < -0.4 is 10.6 Å². The van der Waals surface area contributed by atoms with Crippen molar-refractivity contribution in [1.29, 1.82) is 0 Å². The lowest BCUT2D eigenvalue weighted by Gasteiger charge is -2.09. The summed E-state index contributed by atoms with van der Waals surface area (Å²) in [6.07, 6.45) is 5.78. The highest BCUT2D eigenvalue weighted by atomic mass is 16.2. The molecule has 7 heteroatoms. The number of pyridine rings is 1. The van der Waals surface area contributed by atoms with Gasteiger partial charge < -0.3 is 10.6 Å². The zero-order chi connectivity index (χ0) is 18.4. The molecule has 3 rings (SSSR count). The largest absolute Gasteiger partial charge is 0.326 e. The molecule has 0 spiro atoms. The van der Waals surface area contributed by atoms with E-state index in [1.165, 1.54) is 6.20 Å². The average Bonchev–Trinajstić information content (AvgIpc) is 3.06. The quantitative estimate of drug-likeness (QED) is 0.716. The standard InChI is InChI=1S/C19H19N5O2/c1-24-17(9-11-21-24)7-8-18(25)22-15-5-2-6-16(12-15)23-19(26)14-4-3-10-20-13-14/h2-6,9-13H,7-8H2,1H3,(H,22,25)(H,23,26). The van der Waals surface area contributed by atoms with Crippen molar-refractivity contribution in [1.82, 2.24) is 14.8 Å². The van der Waals surface area contributed by atoms with E-state index < -0.39 is 0 Å². The summed E-state index contributed by atoms with van der Waals surface area (Å²) >= 11 is 0. The zero-order valence-corrected chi connectivity index (χ0v) is 14.3. The number of benzene rings is 1. The topological polar surface area (TPSA) is 88.9 Å². The van der Waals surface area contributed by atoms with Gasteiger partial charge in [-0.15, -0.1) is 0 Å². The van der Waals surface area contributed by atoms with Crippen LogP contribution in [0, 0.1) is 0 Å². The minimum atomic E-state index is -0.252. The molecule has 0 aliphatic carbocycles. The van der Waals surface area contributed by atoms with Crippen LogP contribution in [0.15, 0.2) is 61.1 Å². The Morgan fingerprint density at radius 3 is 2.54 bits per heavy atom. The zero-order valence-electron chi connectivity index (χ0n) is 14.3. The first-order chi connectivity index (χ1) is 12.6. The van der Waals surface area contributed by atoms with Gasteiger partial charge in [0.1, 0.15) is 0 Å². The van der Waals surface area contributed by atoms with Crippen molar-refractivity contribution in [3.8, 4) is 0 Å². The fraction of sp³-hybridized carbons (Fsp3) is 0.158. The minimum absolute atomic E-state index is 0.0954. The lowest BCUT2D eigenvalue weighted by Crippen LogP contribution is -2.14. The Bertz CT molecular complexity index is 905. The number of amides is 2. The number of aromatic nitrogens is 3. The van der Waals surface area contributed by atoms with Crippen molar-refractivity contribution in [2.45, 2.75) is 12.8 Å². The van der Waals surface area contributed by atoms with Gasteiger partial charge in [-0.05, 0) is 42.8 Å². The maximum Gasteiger partial charge on any atom is 0.257 e. The van der Waals surface area contributed by atoms with Gasteiger partial charge in [0.15, 0.2) is 0 Å². The number of carbonyl (C=O) groups excluding carboxylic acids is 2. The van der Waals surface area contributed by atoms with Crippen LogP contribution in [0.1, 0.15) is 22.5 Å². The summed E-state index contributed by atoms with van der Waals surface area (Å²) in [6.45, 7) is 0. The van der Waals surface area contributed by atoms with Crippen LogP contribution in [0.4, 0.5) is 11.4 Å². The molecule has 132 valence electrons. The van der Waals surface area contributed by atoms with Crippen LogP contribution in [-0.4, -0.2) is 26.6 Å². The fourth-order valence-electron chi connectivity index (χ4n) is 2.49. The third-order valence-electron chi connectivity index (χ3n) is 3.86. The summed E-state index contributed by atoms with van der Waals surface area (Å²) in [6, 6.07) is 12.3. The number of nitrogens with one attached hydrogen (secondary N) is 2. The van der Waals surface area contributed by atoms with E-state index >= 15 is 0 Å². The number of anilines is 2. The molecule has 0 aliphatic heterocycles. The molecule has 0 saturated heterocycles. The molecule has 26 heavy (non-hydrogen) atoms. The molecule has 3 aromatic rings. The molecule has 2 amide bonds. The second-order valence-corrected chi connectivity index (χ2v) is 5.77. The molecule has 0 bridgehead atoms. The van der Waals surface area contributed by atoms with Crippen molar-refractivity contribution in [2.75, 3.05) is 10.6 Å². The van der Waals surface area contributed by atoms with Crippen LogP contribution in [0.5, 0.6) is 0 Å². The van der Waals surface area contributed by atoms with E-state index in [4.69, 9.17) is 0 Å². The monoisotopic (exact) mass is 349 g/mol. The number of hydrogen-bond acceptors (Lipinski definition) is 4.